The summed E-state index contributed by atoms with van der Waals surface area (Å²) < 4.78 is 17.3. The Hall–Kier alpha value is -4.13. The van der Waals surface area contributed by atoms with E-state index < -0.39 is 0 Å². The van der Waals surface area contributed by atoms with Crippen molar-refractivity contribution in [3.05, 3.63) is 83.4 Å². The Bertz CT molecular complexity index is 1360. The first-order chi connectivity index (χ1) is 17.2. The van der Waals surface area contributed by atoms with E-state index in [0.717, 1.165) is 47.6 Å². The molecule has 0 bridgehead atoms. The summed E-state index contributed by atoms with van der Waals surface area (Å²) in [5.74, 6) is 2.43. The number of hydrogen-bond donors (Lipinski definition) is 0. The minimum absolute atomic E-state index is 0.0137. The molecule has 3 aromatic carbocycles. The Morgan fingerprint density at radius 1 is 0.857 bits per heavy atom. The monoisotopic (exact) mass is 467 g/mol. The van der Waals surface area contributed by atoms with E-state index in [1.807, 2.05) is 78.6 Å². The summed E-state index contributed by atoms with van der Waals surface area (Å²) in [5.41, 5.74) is 4.53. The van der Waals surface area contributed by atoms with Crippen LogP contribution in [0.3, 0.4) is 0 Å². The molecule has 1 saturated heterocycles. The zero-order valence-corrected chi connectivity index (χ0v) is 19.4. The zero-order valence-electron chi connectivity index (χ0n) is 19.4. The maximum Gasteiger partial charge on any atom is 0.254 e. The van der Waals surface area contributed by atoms with Crippen molar-refractivity contribution in [2.75, 3.05) is 19.8 Å². The van der Waals surface area contributed by atoms with Crippen LogP contribution in [0.1, 0.15) is 40.4 Å². The van der Waals surface area contributed by atoms with Gasteiger partial charge in [0.05, 0.1) is 6.04 Å². The molecule has 35 heavy (non-hydrogen) atoms. The second-order valence-corrected chi connectivity index (χ2v) is 8.92. The van der Waals surface area contributed by atoms with Gasteiger partial charge in [-0.3, -0.25) is 4.79 Å². The van der Waals surface area contributed by atoms with Crippen LogP contribution < -0.4 is 9.47 Å². The normalized spacial score (nSPS) is 16.9. The van der Waals surface area contributed by atoms with E-state index in [1.54, 1.807) is 0 Å². The van der Waals surface area contributed by atoms with Gasteiger partial charge in [0, 0.05) is 23.2 Å². The van der Waals surface area contributed by atoms with Crippen molar-refractivity contribution in [3.8, 4) is 34.4 Å². The summed E-state index contributed by atoms with van der Waals surface area (Å²) in [5, 5.41) is 8.37. The lowest BCUT2D eigenvalue weighted by Gasteiger charge is -2.27. The molecule has 7 heteroatoms. The van der Waals surface area contributed by atoms with E-state index in [1.165, 1.54) is 5.56 Å². The molecular weight excluding hydrogens is 442 g/mol. The molecule has 7 nitrogen and oxygen atoms in total. The highest BCUT2D eigenvalue weighted by atomic mass is 16.6. The van der Waals surface area contributed by atoms with Crippen LogP contribution in [0.15, 0.2) is 71.1 Å². The summed E-state index contributed by atoms with van der Waals surface area (Å²) in [6, 6.07) is 21.3. The number of aryl methyl sites for hydroxylation is 1. The molecule has 6 rings (SSSR count). The fourth-order valence-corrected chi connectivity index (χ4v) is 4.70. The van der Waals surface area contributed by atoms with Gasteiger partial charge in [-0.2, -0.15) is 0 Å². The third kappa shape index (κ3) is 4.14. The van der Waals surface area contributed by atoms with Gasteiger partial charge in [0.1, 0.15) is 13.2 Å². The first-order valence-corrected chi connectivity index (χ1v) is 11.9. The van der Waals surface area contributed by atoms with Crippen molar-refractivity contribution < 1.29 is 18.7 Å². The molecule has 4 aromatic rings. The number of rotatable bonds is 4. The molecule has 0 unspecified atom stereocenters. The molecule has 1 atom stereocenters. The summed E-state index contributed by atoms with van der Waals surface area (Å²) in [4.78, 5) is 15.3. The van der Waals surface area contributed by atoms with Gasteiger partial charge in [0.2, 0.25) is 11.8 Å². The number of aromatic nitrogens is 2. The van der Waals surface area contributed by atoms with Gasteiger partial charge >= 0.3 is 0 Å². The first kappa shape index (κ1) is 21.4. The summed E-state index contributed by atoms with van der Waals surface area (Å²) in [6.07, 6.45) is 1.89. The Labute approximate surface area is 203 Å². The number of nitrogens with zero attached hydrogens (tertiary/aromatic N) is 3. The van der Waals surface area contributed by atoms with E-state index >= 15 is 0 Å². The van der Waals surface area contributed by atoms with Crippen LogP contribution in [0, 0.1) is 6.92 Å². The lowest BCUT2D eigenvalue weighted by molar-refractivity contribution is 0.0735. The highest BCUT2D eigenvalue weighted by Gasteiger charge is 2.31. The van der Waals surface area contributed by atoms with E-state index in [0.29, 0.717) is 30.6 Å². The van der Waals surface area contributed by atoms with Crippen molar-refractivity contribution >= 4 is 5.91 Å². The second kappa shape index (κ2) is 8.91. The lowest BCUT2D eigenvalue weighted by atomic mass is 10.0. The number of ether oxygens (including phenoxy) is 2. The molecule has 1 fully saturated rings. The van der Waals surface area contributed by atoms with Gasteiger partial charge in [0.25, 0.3) is 5.91 Å². The Morgan fingerprint density at radius 3 is 2.23 bits per heavy atom. The van der Waals surface area contributed by atoms with Crippen LogP contribution in [0.4, 0.5) is 0 Å². The highest BCUT2D eigenvalue weighted by Crippen LogP contribution is 2.38. The van der Waals surface area contributed by atoms with Crippen molar-refractivity contribution in [1.29, 1.82) is 0 Å². The second-order valence-electron chi connectivity index (χ2n) is 8.92. The maximum absolute atomic E-state index is 13.4. The average molecular weight is 468 g/mol. The molecule has 1 amide bonds. The largest absolute Gasteiger partial charge is 0.486 e. The number of hydrogen-bond acceptors (Lipinski definition) is 6. The van der Waals surface area contributed by atoms with Gasteiger partial charge in [-0.25, -0.2) is 0 Å². The lowest BCUT2D eigenvalue weighted by Crippen LogP contribution is -2.30. The fourth-order valence-electron chi connectivity index (χ4n) is 4.70. The minimum atomic E-state index is 0.0137. The van der Waals surface area contributed by atoms with E-state index in [9.17, 15) is 4.79 Å². The van der Waals surface area contributed by atoms with Crippen LogP contribution in [-0.4, -0.2) is 40.8 Å². The molecule has 1 aromatic heterocycles. The molecule has 0 spiro atoms. The predicted octanol–water partition coefficient (Wildman–Crippen LogP) is 5.46. The van der Waals surface area contributed by atoms with Crippen molar-refractivity contribution in [2.45, 2.75) is 25.8 Å². The van der Waals surface area contributed by atoms with Crippen LogP contribution in [0.2, 0.25) is 0 Å². The number of carbonyl (C=O) groups excluding carboxylic acids is 1. The number of carbonyl (C=O) groups is 1. The van der Waals surface area contributed by atoms with Crippen LogP contribution in [0.5, 0.6) is 11.5 Å². The Balaban J connectivity index is 1.20. The van der Waals surface area contributed by atoms with Gasteiger partial charge in [-0.15, -0.1) is 10.2 Å². The van der Waals surface area contributed by atoms with Gasteiger partial charge in [0.15, 0.2) is 11.5 Å². The molecule has 176 valence electrons. The molecular formula is C28H25N3O4. The van der Waals surface area contributed by atoms with Crippen LogP contribution in [-0.2, 0) is 0 Å². The number of likely N-dealkylation sites (tertiary alicyclic amines) is 1. The SMILES string of the molecule is Cc1ccc(-c2nnc(-c3ccc(C(=O)N4CCC[C@@H]4c4ccc5c(c4)OCCO5)cc3)o2)cc1. The van der Waals surface area contributed by atoms with Crippen LogP contribution in [0.25, 0.3) is 22.9 Å². The number of amides is 1. The smallest absolute Gasteiger partial charge is 0.254 e. The van der Waals surface area contributed by atoms with Crippen LogP contribution >= 0.6 is 0 Å². The first-order valence-electron chi connectivity index (χ1n) is 11.9. The van der Waals surface area contributed by atoms with E-state index in [4.69, 9.17) is 13.9 Å². The maximum atomic E-state index is 13.4. The number of benzene rings is 3. The molecule has 0 aliphatic carbocycles. The average Bonchev–Trinajstić information content (AvgIpc) is 3.59. The summed E-state index contributed by atoms with van der Waals surface area (Å²) >= 11 is 0. The predicted molar refractivity (Wildman–Crippen MR) is 130 cm³/mol. The Morgan fingerprint density at radius 2 is 1.51 bits per heavy atom. The molecule has 3 heterocycles. The zero-order chi connectivity index (χ0) is 23.8. The van der Waals surface area contributed by atoms with Gasteiger partial charge in [-0.1, -0.05) is 23.8 Å². The molecule has 0 N–H and O–H groups in total. The standard InChI is InChI=1S/C28H25N3O4/c1-18-4-6-19(7-5-18)26-29-30-27(35-26)20-8-10-21(11-9-20)28(32)31-14-2-3-23(31)22-12-13-24-25(17-22)34-16-15-33-24/h4-13,17,23H,2-3,14-16H2,1H3/t23-/m1/s1. The molecule has 0 radical (unpaired) electrons. The molecule has 2 aliphatic rings. The van der Waals surface area contributed by atoms with Crippen molar-refractivity contribution in [3.63, 3.8) is 0 Å². The van der Waals surface area contributed by atoms with Gasteiger partial charge < -0.3 is 18.8 Å². The third-order valence-corrected chi connectivity index (χ3v) is 6.57. The van der Waals surface area contributed by atoms with E-state index in [-0.39, 0.29) is 11.9 Å². The molecule has 0 saturated carbocycles. The summed E-state index contributed by atoms with van der Waals surface area (Å²) in [6.45, 7) is 3.87. The van der Waals surface area contributed by atoms with Gasteiger partial charge in [-0.05, 0) is 73.9 Å². The quantitative estimate of drug-likeness (QED) is 0.397. The Kier molecular flexibility index (Phi) is 5.45. The van der Waals surface area contributed by atoms with Crippen molar-refractivity contribution in [2.24, 2.45) is 0 Å². The fraction of sp³-hybridized carbons (Fsp3) is 0.250. The van der Waals surface area contributed by atoms with Crippen molar-refractivity contribution in [1.82, 2.24) is 15.1 Å². The minimum Gasteiger partial charge on any atom is -0.486 e. The highest BCUT2D eigenvalue weighted by molar-refractivity contribution is 5.95. The van der Waals surface area contributed by atoms with E-state index in [2.05, 4.69) is 10.2 Å². The topological polar surface area (TPSA) is 77.7 Å². The number of fused-ring (bicyclic) bond motifs is 1. The molecule has 2 aliphatic heterocycles. The third-order valence-electron chi connectivity index (χ3n) is 6.57. The summed E-state index contributed by atoms with van der Waals surface area (Å²) in [7, 11) is 0.